The number of carbonyl (C=O) groups excluding carboxylic acids is 1. The standard InChI is InChI=1S/C62H100O27/c1-27-52(84-44-19-37(65)53(28(2)77-44)85-47-23-41(74-11)56(31(5)81-47)88-58-51(69)50(68)49(67)42(24-63)83-58)38(66)20-45(78-27)86-54-30(4)80-48(22-40(54)73-10)87-55-29(3)79-46(21-39(55)72-9)82-34-14-17-61(26-75-32(6)64)33(18-34)12-13-36-35(61)15-16-59(7)57-43(89-62(36,59)71)25-76-60(57,8)70/h12,27-31,34-58,63,65-71H,13-26H2,1-11H3/t27-,28-,29-,30-,31-,34+,35+,36-,37+,38-,39+,40+,41-,42-,43-,44+,45+,46+,47+,48+,49-,50+,51-,52-,53-,54-,55-,56-,57+,58+,59-,60+,61-,62-/m1/s1. The van der Waals surface area contributed by atoms with Crippen LogP contribution in [-0.2, 0) is 90.1 Å². The van der Waals surface area contributed by atoms with Crippen molar-refractivity contribution >= 4 is 5.97 Å². The Hall–Kier alpha value is -1.79. The van der Waals surface area contributed by atoms with Crippen LogP contribution in [0.15, 0.2) is 11.6 Å². The van der Waals surface area contributed by atoms with Crippen LogP contribution in [-0.4, -0.2) is 265 Å². The fraction of sp³-hybridized carbons (Fsp3) is 0.952. The first kappa shape index (κ1) is 68.6. The molecule has 0 bridgehead atoms. The van der Waals surface area contributed by atoms with Gasteiger partial charge in [-0.3, -0.25) is 4.79 Å². The van der Waals surface area contributed by atoms with Crippen LogP contribution >= 0.6 is 0 Å². The summed E-state index contributed by atoms with van der Waals surface area (Å²) in [6, 6.07) is 0. The van der Waals surface area contributed by atoms with Crippen molar-refractivity contribution in [1.82, 2.24) is 0 Å². The molecule has 0 unspecified atom stereocenters. The van der Waals surface area contributed by atoms with Gasteiger partial charge < -0.3 is 126 Å². The van der Waals surface area contributed by atoms with Crippen LogP contribution < -0.4 is 0 Å². The molecule has 27 nitrogen and oxygen atoms in total. The molecule has 34 atom stereocenters. The quantitative estimate of drug-likeness (QED) is 0.0703. The summed E-state index contributed by atoms with van der Waals surface area (Å²) in [4.78, 5) is 12.4. The molecule has 0 spiro atoms. The highest BCUT2D eigenvalue weighted by atomic mass is 16.8. The van der Waals surface area contributed by atoms with Crippen molar-refractivity contribution in [3.63, 3.8) is 0 Å². The number of esters is 1. The Morgan fingerprint density at radius 1 is 0.596 bits per heavy atom. The Morgan fingerprint density at radius 3 is 1.57 bits per heavy atom. The maximum Gasteiger partial charge on any atom is 0.302 e. The SMILES string of the molecule is CO[C@H]1C[C@H](O[C@H]2CC[C@@]3(COC(C)=O)C(=CC[C@@H]4[C@@H]3CC[C@]3(C)[C@@H]5[C@@H](CO[C@]5(C)O)O[C@]43O)C2)O[C@H](C)[C@H]1O[C@H]1C[C@H](OC)[C@H](O[C@H]2C[C@@H](O)[C@H](O[C@H]3C[C@H](O)[C@H](O[C@H]4C[C@@H](OC)[C@H](O[C@@H]5O[C@H](CO)[C@@H](O)[C@H](O)[C@H]5O)[C@@H](C)O4)[C@@H](C)O3)[C@@H](C)O2)[C@@H](C)O1. The lowest BCUT2D eigenvalue weighted by molar-refractivity contribution is -0.358. The summed E-state index contributed by atoms with van der Waals surface area (Å²) in [6.07, 6.45) is -15.3. The highest BCUT2D eigenvalue weighted by Gasteiger charge is 2.75. The molecular weight excluding hydrogens is 1180 g/mol. The molecule has 8 heterocycles. The average Bonchev–Trinajstić information content (AvgIpc) is 1.58. The number of methoxy groups -OCH3 is 3. The Morgan fingerprint density at radius 2 is 1.08 bits per heavy atom. The zero-order chi connectivity index (χ0) is 63.8. The van der Waals surface area contributed by atoms with Crippen molar-refractivity contribution in [2.24, 2.45) is 28.6 Å². The van der Waals surface area contributed by atoms with E-state index in [0.717, 1.165) is 12.0 Å². The van der Waals surface area contributed by atoms with Gasteiger partial charge in [-0.05, 0) is 86.0 Å². The first-order valence-electron chi connectivity index (χ1n) is 32.3. The first-order valence-corrected chi connectivity index (χ1v) is 32.3. The van der Waals surface area contributed by atoms with Crippen molar-refractivity contribution < 1.29 is 131 Å². The van der Waals surface area contributed by atoms with Gasteiger partial charge in [-0.25, -0.2) is 0 Å². The topological polar surface area (TPSA) is 345 Å². The van der Waals surface area contributed by atoms with Gasteiger partial charge in [0.15, 0.2) is 49.3 Å². The maximum absolute atomic E-state index is 12.7. The number of allylic oxidation sites excluding steroid dienone is 1. The minimum absolute atomic E-state index is 0.00285. The van der Waals surface area contributed by atoms with Gasteiger partial charge in [0.05, 0.1) is 92.4 Å². The summed E-state index contributed by atoms with van der Waals surface area (Å²) < 4.78 is 112. The number of aliphatic hydroxyl groups excluding tert-OH is 6. The van der Waals surface area contributed by atoms with E-state index in [1.807, 2.05) is 20.8 Å². The molecule has 10 fully saturated rings. The highest BCUT2D eigenvalue weighted by Crippen LogP contribution is 2.70. The lowest BCUT2D eigenvalue weighted by Crippen LogP contribution is -2.64. The smallest absolute Gasteiger partial charge is 0.302 e. The Kier molecular flexibility index (Phi) is 21.1. The molecule has 89 heavy (non-hydrogen) atoms. The molecule has 0 aromatic rings. The number of aliphatic hydroxyl groups is 8. The second-order valence-corrected chi connectivity index (χ2v) is 27.5. The molecule has 0 aromatic heterocycles. The summed E-state index contributed by atoms with van der Waals surface area (Å²) in [5.41, 5.74) is -0.103. The largest absolute Gasteiger partial charge is 0.465 e. The minimum atomic E-state index is -1.62. The molecule has 0 radical (unpaired) electrons. The number of carbonyl (C=O) groups is 1. The molecule has 8 saturated heterocycles. The third-order valence-corrected chi connectivity index (χ3v) is 21.9. The summed E-state index contributed by atoms with van der Waals surface area (Å²) in [5.74, 6) is -3.97. The zero-order valence-corrected chi connectivity index (χ0v) is 53.1. The van der Waals surface area contributed by atoms with E-state index in [2.05, 4.69) is 6.08 Å². The number of ether oxygens (including phenoxy) is 18. The van der Waals surface area contributed by atoms with Crippen LogP contribution in [0.4, 0.5) is 0 Å². The first-order chi connectivity index (χ1) is 42.2. The highest BCUT2D eigenvalue weighted by molar-refractivity contribution is 5.66. The fourth-order valence-corrected chi connectivity index (χ4v) is 17.4. The summed E-state index contributed by atoms with van der Waals surface area (Å²) in [6.45, 7) is 13.9. The second kappa shape index (κ2) is 27.4. The minimum Gasteiger partial charge on any atom is -0.465 e. The molecule has 8 aliphatic heterocycles. The van der Waals surface area contributed by atoms with Gasteiger partial charge in [0, 0.05) is 77.1 Å². The van der Waals surface area contributed by atoms with Gasteiger partial charge in [0.1, 0.15) is 61.5 Å². The Labute approximate surface area is 520 Å². The lowest BCUT2D eigenvalue weighted by Gasteiger charge is -2.61. The van der Waals surface area contributed by atoms with E-state index in [9.17, 15) is 45.6 Å². The third-order valence-electron chi connectivity index (χ3n) is 21.9. The molecule has 27 heteroatoms. The van der Waals surface area contributed by atoms with Gasteiger partial charge in [-0.15, -0.1) is 0 Å². The predicted octanol–water partition coefficient (Wildman–Crippen LogP) is 1.08. The van der Waals surface area contributed by atoms with Gasteiger partial charge >= 0.3 is 5.97 Å². The van der Waals surface area contributed by atoms with Gasteiger partial charge in [-0.2, -0.15) is 0 Å². The predicted molar refractivity (Wildman–Crippen MR) is 302 cm³/mol. The van der Waals surface area contributed by atoms with E-state index in [1.54, 1.807) is 41.9 Å². The summed E-state index contributed by atoms with van der Waals surface area (Å²) in [7, 11) is 4.71. The van der Waals surface area contributed by atoms with E-state index >= 15 is 0 Å². The molecule has 8 N–H and O–H groups in total. The number of fused-ring (bicyclic) bond motifs is 7. The van der Waals surface area contributed by atoms with E-state index in [0.29, 0.717) is 44.9 Å². The second-order valence-electron chi connectivity index (χ2n) is 27.5. The van der Waals surface area contributed by atoms with Crippen LogP contribution in [0, 0.1) is 28.6 Å². The van der Waals surface area contributed by atoms with E-state index < -0.39 is 189 Å². The number of hydrogen-bond acceptors (Lipinski definition) is 27. The van der Waals surface area contributed by atoms with Crippen LogP contribution in [0.2, 0.25) is 0 Å². The number of hydrogen-bond donors (Lipinski definition) is 8. The molecule has 11 rings (SSSR count). The van der Waals surface area contributed by atoms with E-state index in [-0.39, 0.29) is 62.3 Å². The molecule has 0 aromatic carbocycles. The van der Waals surface area contributed by atoms with Crippen molar-refractivity contribution in [2.75, 3.05) is 41.2 Å². The van der Waals surface area contributed by atoms with Crippen LogP contribution in [0.3, 0.4) is 0 Å². The van der Waals surface area contributed by atoms with Crippen molar-refractivity contribution in [2.45, 2.75) is 304 Å². The van der Waals surface area contributed by atoms with E-state index in [1.165, 1.54) is 14.0 Å². The summed E-state index contributed by atoms with van der Waals surface area (Å²) in [5, 5.41) is 87.7. The number of rotatable bonds is 18. The van der Waals surface area contributed by atoms with Crippen molar-refractivity contribution in [1.29, 1.82) is 0 Å². The Bertz CT molecular complexity index is 2380. The van der Waals surface area contributed by atoms with Gasteiger partial charge in [-0.1, -0.05) is 18.6 Å². The van der Waals surface area contributed by atoms with Gasteiger partial charge in [0.25, 0.3) is 0 Å². The molecule has 11 aliphatic rings. The van der Waals surface area contributed by atoms with Crippen LogP contribution in [0.25, 0.3) is 0 Å². The van der Waals surface area contributed by atoms with E-state index in [4.69, 9.17) is 85.3 Å². The zero-order valence-electron chi connectivity index (χ0n) is 53.1. The maximum atomic E-state index is 12.7. The van der Waals surface area contributed by atoms with Crippen LogP contribution in [0.5, 0.6) is 0 Å². The monoisotopic (exact) mass is 1280 g/mol. The molecule has 2 saturated carbocycles. The lowest BCUT2D eigenvalue weighted by atomic mass is 9.46. The molecule has 0 amide bonds. The van der Waals surface area contributed by atoms with Crippen LogP contribution in [0.1, 0.15) is 126 Å². The molecular formula is C62H100O27. The third kappa shape index (κ3) is 13.2. The fourth-order valence-electron chi connectivity index (χ4n) is 17.4. The Balaban J connectivity index is 0.635. The van der Waals surface area contributed by atoms with Crippen molar-refractivity contribution in [3.8, 4) is 0 Å². The summed E-state index contributed by atoms with van der Waals surface area (Å²) >= 11 is 0. The average molecular weight is 1280 g/mol. The van der Waals surface area contributed by atoms with Gasteiger partial charge in [0.2, 0.25) is 0 Å². The normalized spacial score (nSPS) is 53.4. The molecule has 510 valence electrons. The van der Waals surface area contributed by atoms with Crippen molar-refractivity contribution in [3.05, 3.63) is 11.6 Å². The molecule has 3 aliphatic carbocycles.